The van der Waals surface area contributed by atoms with E-state index in [0.717, 1.165) is 25.9 Å². The van der Waals surface area contributed by atoms with Crippen molar-refractivity contribution in [2.24, 2.45) is 0 Å². The first kappa shape index (κ1) is 13.1. The van der Waals surface area contributed by atoms with Gasteiger partial charge < -0.3 is 14.2 Å². The highest BCUT2D eigenvalue weighted by molar-refractivity contribution is 5.89. The van der Waals surface area contributed by atoms with Gasteiger partial charge in [0, 0.05) is 6.61 Å². The Morgan fingerprint density at radius 2 is 2.06 bits per heavy atom. The molecular weight excluding hydrogens is 232 g/mol. The van der Waals surface area contributed by atoms with Crippen molar-refractivity contribution in [1.82, 2.24) is 0 Å². The van der Waals surface area contributed by atoms with Crippen molar-refractivity contribution in [2.75, 3.05) is 19.8 Å². The summed E-state index contributed by atoms with van der Waals surface area (Å²) in [4.78, 5) is 11.6. The van der Waals surface area contributed by atoms with Gasteiger partial charge in [0.25, 0.3) is 0 Å². The van der Waals surface area contributed by atoms with Gasteiger partial charge in [-0.25, -0.2) is 4.79 Å². The molecule has 0 N–H and O–H groups in total. The fraction of sp³-hybridized carbons (Fsp3) is 0.500. The molecule has 0 radical (unpaired) electrons. The van der Waals surface area contributed by atoms with Crippen molar-refractivity contribution in [3.05, 3.63) is 35.9 Å². The summed E-state index contributed by atoms with van der Waals surface area (Å²) in [5.41, 5.74) is 0.561. The highest BCUT2D eigenvalue weighted by Gasteiger charge is 2.14. The van der Waals surface area contributed by atoms with E-state index in [0.29, 0.717) is 12.2 Å². The fourth-order valence-corrected chi connectivity index (χ4v) is 1.81. The van der Waals surface area contributed by atoms with Crippen molar-refractivity contribution in [1.29, 1.82) is 0 Å². The molecule has 1 aliphatic heterocycles. The van der Waals surface area contributed by atoms with Crippen LogP contribution in [-0.4, -0.2) is 32.1 Å². The van der Waals surface area contributed by atoms with E-state index in [1.54, 1.807) is 12.1 Å². The summed E-state index contributed by atoms with van der Waals surface area (Å²) in [6, 6.07) is 8.94. The minimum atomic E-state index is -0.316. The highest BCUT2D eigenvalue weighted by Crippen LogP contribution is 2.13. The third-order valence-electron chi connectivity index (χ3n) is 2.77. The van der Waals surface area contributed by atoms with Gasteiger partial charge in [0.15, 0.2) is 6.29 Å². The van der Waals surface area contributed by atoms with Gasteiger partial charge in [0.2, 0.25) is 0 Å². The van der Waals surface area contributed by atoms with Crippen molar-refractivity contribution >= 4 is 5.97 Å². The van der Waals surface area contributed by atoms with Crippen LogP contribution in [0.3, 0.4) is 0 Å². The molecule has 0 aromatic heterocycles. The standard InChI is InChI=1S/C14H18O4/c15-14(12-6-2-1-3-7-12)18-11-10-17-13-8-4-5-9-16-13/h1-3,6-7,13H,4-5,8-11H2. The van der Waals surface area contributed by atoms with Gasteiger partial charge in [0.05, 0.1) is 12.2 Å². The van der Waals surface area contributed by atoms with Gasteiger partial charge >= 0.3 is 5.97 Å². The summed E-state index contributed by atoms with van der Waals surface area (Å²) in [6.07, 6.45) is 3.03. The molecule has 1 atom stereocenters. The van der Waals surface area contributed by atoms with Crippen LogP contribution in [0.5, 0.6) is 0 Å². The third-order valence-corrected chi connectivity index (χ3v) is 2.77. The normalized spacial score (nSPS) is 19.4. The number of ether oxygens (including phenoxy) is 3. The van der Waals surface area contributed by atoms with Crippen molar-refractivity contribution in [3.8, 4) is 0 Å². The monoisotopic (exact) mass is 250 g/mol. The summed E-state index contributed by atoms with van der Waals surface area (Å²) < 4.78 is 16.0. The molecule has 18 heavy (non-hydrogen) atoms. The Hall–Kier alpha value is -1.39. The van der Waals surface area contributed by atoms with Crippen LogP contribution in [0.4, 0.5) is 0 Å². The fourth-order valence-electron chi connectivity index (χ4n) is 1.81. The molecule has 98 valence electrons. The van der Waals surface area contributed by atoms with Crippen LogP contribution in [-0.2, 0) is 14.2 Å². The molecule has 1 heterocycles. The lowest BCUT2D eigenvalue weighted by molar-refractivity contribution is -0.166. The third kappa shape index (κ3) is 4.13. The lowest BCUT2D eigenvalue weighted by Crippen LogP contribution is -2.24. The summed E-state index contributed by atoms with van der Waals surface area (Å²) in [5.74, 6) is -0.316. The highest BCUT2D eigenvalue weighted by atomic mass is 16.7. The molecule has 0 amide bonds. The average molecular weight is 250 g/mol. The Kier molecular flexibility index (Phi) is 5.17. The number of carbonyl (C=O) groups is 1. The smallest absolute Gasteiger partial charge is 0.338 e. The maximum atomic E-state index is 11.6. The summed E-state index contributed by atoms with van der Waals surface area (Å²) in [6.45, 7) is 1.39. The van der Waals surface area contributed by atoms with Gasteiger partial charge in [-0.2, -0.15) is 0 Å². The Labute approximate surface area is 107 Å². The molecule has 0 spiro atoms. The largest absolute Gasteiger partial charge is 0.460 e. The SMILES string of the molecule is O=C(OCCOC1CCCCO1)c1ccccc1. The average Bonchev–Trinajstić information content (AvgIpc) is 2.45. The predicted octanol–water partition coefficient (Wildman–Crippen LogP) is 2.39. The number of rotatable bonds is 5. The molecule has 1 fully saturated rings. The van der Waals surface area contributed by atoms with Crippen LogP contribution in [0.1, 0.15) is 29.6 Å². The molecule has 4 heteroatoms. The molecule has 1 aromatic rings. The number of esters is 1. The number of carbonyl (C=O) groups excluding carboxylic acids is 1. The van der Waals surface area contributed by atoms with E-state index in [1.165, 1.54) is 0 Å². The Morgan fingerprint density at radius 1 is 1.22 bits per heavy atom. The van der Waals surface area contributed by atoms with Crippen molar-refractivity contribution < 1.29 is 19.0 Å². The molecule has 0 saturated carbocycles. The summed E-state index contributed by atoms with van der Waals surface area (Å²) in [5, 5.41) is 0. The molecule has 4 nitrogen and oxygen atoms in total. The Morgan fingerprint density at radius 3 is 2.78 bits per heavy atom. The first-order chi connectivity index (χ1) is 8.86. The summed E-state index contributed by atoms with van der Waals surface area (Å²) >= 11 is 0. The molecule has 0 aliphatic carbocycles. The Balaban J connectivity index is 1.62. The van der Waals surface area contributed by atoms with E-state index < -0.39 is 0 Å². The molecule has 1 aromatic carbocycles. The first-order valence-corrected chi connectivity index (χ1v) is 6.31. The van der Waals surface area contributed by atoms with Crippen LogP contribution in [0.2, 0.25) is 0 Å². The second kappa shape index (κ2) is 7.13. The van der Waals surface area contributed by atoms with Crippen LogP contribution in [0.25, 0.3) is 0 Å². The van der Waals surface area contributed by atoms with Crippen LogP contribution in [0, 0.1) is 0 Å². The topological polar surface area (TPSA) is 44.8 Å². The van der Waals surface area contributed by atoms with Gasteiger partial charge in [-0.3, -0.25) is 0 Å². The van der Waals surface area contributed by atoms with Crippen LogP contribution in [0.15, 0.2) is 30.3 Å². The zero-order chi connectivity index (χ0) is 12.6. The molecule has 0 bridgehead atoms. The van der Waals surface area contributed by atoms with Crippen molar-refractivity contribution in [3.63, 3.8) is 0 Å². The molecule has 1 aliphatic rings. The van der Waals surface area contributed by atoms with E-state index in [9.17, 15) is 4.79 Å². The lowest BCUT2D eigenvalue weighted by atomic mass is 10.2. The number of benzene rings is 1. The number of hydrogen-bond acceptors (Lipinski definition) is 4. The van der Waals surface area contributed by atoms with E-state index in [-0.39, 0.29) is 18.9 Å². The van der Waals surface area contributed by atoms with Gasteiger partial charge in [-0.1, -0.05) is 18.2 Å². The molecule has 1 saturated heterocycles. The molecule has 2 rings (SSSR count). The second-order valence-corrected chi connectivity index (χ2v) is 4.17. The number of hydrogen-bond donors (Lipinski definition) is 0. The zero-order valence-electron chi connectivity index (χ0n) is 10.3. The molecule has 1 unspecified atom stereocenters. The van der Waals surface area contributed by atoms with E-state index in [1.807, 2.05) is 18.2 Å². The first-order valence-electron chi connectivity index (χ1n) is 6.31. The predicted molar refractivity (Wildman–Crippen MR) is 66.3 cm³/mol. The van der Waals surface area contributed by atoms with E-state index in [2.05, 4.69) is 0 Å². The second-order valence-electron chi connectivity index (χ2n) is 4.17. The van der Waals surface area contributed by atoms with Crippen molar-refractivity contribution in [2.45, 2.75) is 25.6 Å². The Bertz CT molecular complexity index is 357. The summed E-state index contributed by atoms with van der Waals surface area (Å²) in [7, 11) is 0. The van der Waals surface area contributed by atoms with Gasteiger partial charge in [-0.05, 0) is 31.4 Å². The zero-order valence-corrected chi connectivity index (χ0v) is 10.3. The quantitative estimate of drug-likeness (QED) is 0.594. The van der Waals surface area contributed by atoms with E-state index in [4.69, 9.17) is 14.2 Å². The van der Waals surface area contributed by atoms with Crippen LogP contribution >= 0.6 is 0 Å². The van der Waals surface area contributed by atoms with E-state index >= 15 is 0 Å². The minimum absolute atomic E-state index is 0.130. The lowest BCUT2D eigenvalue weighted by Gasteiger charge is -2.22. The van der Waals surface area contributed by atoms with Gasteiger partial charge in [0.1, 0.15) is 6.61 Å². The molecular formula is C14H18O4. The van der Waals surface area contributed by atoms with Crippen LogP contribution < -0.4 is 0 Å². The minimum Gasteiger partial charge on any atom is -0.460 e. The van der Waals surface area contributed by atoms with Gasteiger partial charge in [-0.15, -0.1) is 0 Å². The maximum absolute atomic E-state index is 11.6. The maximum Gasteiger partial charge on any atom is 0.338 e.